The van der Waals surface area contributed by atoms with E-state index in [-0.39, 0.29) is 19.1 Å². The fourth-order valence-corrected chi connectivity index (χ4v) is 1.82. The number of hydrogen-bond acceptors (Lipinski definition) is 4. The van der Waals surface area contributed by atoms with Gasteiger partial charge in [-0.1, -0.05) is 0 Å². The van der Waals surface area contributed by atoms with E-state index in [2.05, 4.69) is 0 Å². The van der Waals surface area contributed by atoms with E-state index in [9.17, 15) is 4.79 Å². The normalized spacial score (nSPS) is 16.7. The van der Waals surface area contributed by atoms with Gasteiger partial charge in [0.1, 0.15) is 0 Å². The fourth-order valence-electron chi connectivity index (χ4n) is 1.82. The van der Waals surface area contributed by atoms with Crippen molar-refractivity contribution in [3.8, 4) is 0 Å². The number of amides is 1. The van der Waals surface area contributed by atoms with Crippen molar-refractivity contribution in [1.29, 1.82) is 0 Å². The monoisotopic (exact) mass is 216 g/mol. The summed E-state index contributed by atoms with van der Waals surface area (Å²) in [6.45, 7) is 3.59. The third-order valence-electron chi connectivity index (χ3n) is 2.69. The molecular formula is C10H20N2O3. The minimum atomic E-state index is 0.0912. The first-order chi connectivity index (χ1) is 7.27. The number of rotatable bonds is 7. The highest BCUT2D eigenvalue weighted by Gasteiger charge is 2.20. The summed E-state index contributed by atoms with van der Waals surface area (Å²) < 4.78 is 0. The minimum Gasteiger partial charge on any atom is -0.395 e. The third-order valence-corrected chi connectivity index (χ3v) is 2.69. The van der Waals surface area contributed by atoms with E-state index < -0.39 is 0 Å². The molecule has 0 aromatic carbocycles. The molecule has 1 saturated heterocycles. The van der Waals surface area contributed by atoms with Crippen molar-refractivity contribution in [1.82, 2.24) is 9.80 Å². The Hall–Kier alpha value is -0.650. The van der Waals surface area contributed by atoms with Gasteiger partial charge in [-0.3, -0.25) is 9.69 Å². The number of aliphatic hydroxyl groups excluding tert-OH is 2. The second-order valence-corrected chi connectivity index (χ2v) is 3.77. The number of likely N-dealkylation sites (tertiary alicyclic amines) is 1. The van der Waals surface area contributed by atoms with Crippen LogP contribution >= 0.6 is 0 Å². The Bertz CT molecular complexity index is 193. The summed E-state index contributed by atoms with van der Waals surface area (Å²) in [4.78, 5) is 15.1. The Labute approximate surface area is 90.3 Å². The molecule has 0 aliphatic carbocycles. The quantitative estimate of drug-likeness (QED) is 0.567. The zero-order valence-corrected chi connectivity index (χ0v) is 9.06. The first-order valence-corrected chi connectivity index (χ1v) is 5.49. The number of aliphatic hydroxyl groups is 2. The molecule has 0 saturated carbocycles. The lowest BCUT2D eigenvalue weighted by molar-refractivity contribution is -0.127. The molecular weight excluding hydrogens is 196 g/mol. The highest BCUT2D eigenvalue weighted by Crippen LogP contribution is 2.08. The Morgan fingerprint density at radius 1 is 1.20 bits per heavy atom. The van der Waals surface area contributed by atoms with E-state index in [1.54, 1.807) is 0 Å². The highest BCUT2D eigenvalue weighted by molar-refractivity contribution is 5.78. The average Bonchev–Trinajstić information content (AvgIpc) is 2.61. The molecule has 0 aromatic heterocycles. The van der Waals surface area contributed by atoms with Crippen LogP contribution < -0.4 is 0 Å². The van der Waals surface area contributed by atoms with Crippen molar-refractivity contribution in [2.24, 2.45) is 0 Å². The second-order valence-electron chi connectivity index (χ2n) is 3.77. The molecule has 88 valence electrons. The van der Waals surface area contributed by atoms with E-state index in [4.69, 9.17) is 10.2 Å². The van der Waals surface area contributed by atoms with Crippen LogP contribution in [0.15, 0.2) is 0 Å². The van der Waals surface area contributed by atoms with Crippen LogP contribution in [0.25, 0.3) is 0 Å². The van der Waals surface area contributed by atoms with Crippen LogP contribution in [0, 0.1) is 0 Å². The highest BCUT2D eigenvalue weighted by atomic mass is 16.3. The molecule has 1 amide bonds. The predicted octanol–water partition coefficient (Wildman–Crippen LogP) is -1.10. The van der Waals surface area contributed by atoms with Gasteiger partial charge >= 0.3 is 0 Å². The maximum absolute atomic E-state index is 11.3. The van der Waals surface area contributed by atoms with Crippen LogP contribution in [0.1, 0.15) is 12.8 Å². The van der Waals surface area contributed by atoms with Crippen LogP contribution in [-0.4, -0.2) is 71.9 Å². The number of nitrogens with zero attached hydrogens (tertiary/aromatic N) is 2. The summed E-state index contributed by atoms with van der Waals surface area (Å²) in [5.41, 5.74) is 0. The summed E-state index contributed by atoms with van der Waals surface area (Å²) in [7, 11) is 0. The molecule has 1 aliphatic rings. The molecule has 0 unspecified atom stereocenters. The Balaban J connectivity index is 2.22. The molecule has 1 heterocycles. The molecule has 0 spiro atoms. The largest absolute Gasteiger partial charge is 0.395 e. The lowest BCUT2D eigenvalue weighted by Gasteiger charge is -2.23. The average molecular weight is 216 g/mol. The summed E-state index contributed by atoms with van der Waals surface area (Å²) in [5.74, 6) is 0.225. The molecule has 0 aromatic rings. The Morgan fingerprint density at radius 2 is 1.87 bits per heavy atom. The molecule has 0 atom stereocenters. The second kappa shape index (κ2) is 6.76. The number of carbonyl (C=O) groups is 1. The van der Waals surface area contributed by atoms with Gasteiger partial charge in [-0.15, -0.1) is 0 Å². The van der Waals surface area contributed by atoms with Gasteiger partial charge in [0, 0.05) is 39.1 Å². The predicted molar refractivity (Wildman–Crippen MR) is 56.4 cm³/mol. The lowest BCUT2D eigenvalue weighted by atomic mass is 10.4. The Kier molecular flexibility index (Phi) is 5.60. The van der Waals surface area contributed by atoms with Gasteiger partial charge in [0.25, 0.3) is 0 Å². The van der Waals surface area contributed by atoms with Crippen LogP contribution in [0.3, 0.4) is 0 Å². The molecule has 0 radical (unpaired) electrons. The van der Waals surface area contributed by atoms with Crippen molar-refractivity contribution in [3.05, 3.63) is 0 Å². The standard InChI is InChI=1S/C10H20N2O3/c13-8-6-11(7-9-14)4-5-12-3-1-2-10(12)15/h13-14H,1-9H2. The minimum absolute atomic E-state index is 0.0912. The number of carbonyl (C=O) groups excluding carboxylic acids is 1. The molecule has 1 aliphatic heterocycles. The van der Waals surface area contributed by atoms with Crippen LogP contribution in [0.2, 0.25) is 0 Å². The smallest absolute Gasteiger partial charge is 0.222 e. The molecule has 5 nitrogen and oxygen atoms in total. The number of hydrogen-bond donors (Lipinski definition) is 2. The van der Waals surface area contributed by atoms with Gasteiger partial charge in [-0.05, 0) is 6.42 Å². The maximum atomic E-state index is 11.3. The third kappa shape index (κ3) is 4.15. The molecule has 2 N–H and O–H groups in total. The van der Waals surface area contributed by atoms with Crippen LogP contribution in [0.4, 0.5) is 0 Å². The zero-order valence-electron chi connectivity index (χ0n) is 9.06. The van der Waals surface area contributed by atoms with Gasteiger partial charge in [-0.2, -0.15) is 0 Å². The van der Waals surface area contributed by atoms with Crippen molar-refractivity contribution in [3.63, 3.8) is 0 Å². The van der Waals surface area contributed by atoms with Crippen molar-refractivity contribution < 1.29 is 15.0 Å². The maximum Gasteiger partial charge on any atom is 0.222 e. The first-order valence-electron chi connectivity index (χ1n) is 5.49. The topological polar surface area (TPSA) is 64.0 Å². The van der Waals surface area contributed by atoms with E-state index in [0.717, 1.165) is 19.5 Å². The van der Waals surface area contributed by atoms with E-state index in [1.165, 1.54) is 0 Å². The van der Waals surface area contributed by atoms with Crippen molar-refractivity contribution >= 4 is 5.91 Å². The molecule has 1 rings (SSSR count). The molecule has 0 bridgehead atoms. The lowest BCUT2D eigenvalue weighted by Crippen LogP contribution is -2.38. The van der Waals surface area contributed by atoms with Gasteiger partial charge in [0.05, 0.1) is 13.2 Å². The van der Waals surface area contributed by atoms with Gasteiger partial charge in [-0.25, -0.2) is 0 Å². The van der Waals surface area contributed by atoms with Crippen LogP contribution in [0.5, 0.6) is 0 Å². The van der Waals surface area contributed by atoms with E-state index in [1.807, 2.05) is 9.80 Å². The summed E-state index contributed by atoms with van der Waals surface area (Å²) in [5, 5.41) is 17.6. The Morgan fingerprint density at radius 3 is 2.33 bits per heavy atom. The molecule has 5 heteroatoms. The summed E-state index contributed by atoms with van der Waals surface area (Å²) in [6.07, 6.45) is 1.62. The SMILES string of the molecule is O=C1CCCN1CCN(CCO)CCO. The molecule has 15 heavy (non-hydrogen) atoms. The zero-order chi connectivity index (χ0) is 11.1. The van der Waals surface area contributed by atoms with Crippen molar-refractivity contribution in [2.45, 2.75) is 12.8 Å². The summed E-state index contributed by atoms with van der Waals surface area (Å²) >= 11 is 0. The fraction of sp³-hybridized carbons (Fsp3) is 0.900. The van der Waals surface area contributed by atoms with E-state index >= 15 is 0 Å². The van der Waals surface area contributed by atoms with Crippen molar-refractivity contribution in [2.75, 3.05) is 45.9 Å². The van der Waals surface area contributed by atoms with Gasteiger partial charge in [0.2, 0.25) is 5.91 Å². The summed E-state index contributed by atoms with van der Waals surface area (Å²) in [6, 6.07) is 0. The van der Waals surface area contributed by atoms with Gasteiger partial charge < -0.3 is 15.1 Å². The van der Waals surface area contributed by atoms with Crippen LogP contribution in [-0.2, 0) is 4.79 Å². The first kappa shape index (κ1) is 12.4. The molecule has 1 fully saturated rings. The van der Waals surface area contributed by atoms with E-state index in [0.29, 0.717) is 26.1 Å². The van der Waals surface area contributed by atoms with Gasteiger partial charge in [0.15, 0.2) is 0 Å².